The lowest BCUT2D eigenvalue weighted by molar-refractivity contribution is -0.152. The molecular formula is C20H26O6. The van der Waals surface area contributed by atoms with Gasteiger partial charge in [-0.15, -0.1) is 0 Å². The summed E-state index contributed by atoms with van der Waals surface area (Å²) in [7, 11) is 0. The van der Waals surface area contributed by atoms with Crippen LogP contribution in [0.5, 0.6) is 0 Å². The molecule has 3 aliphatic rings. The SMILES string of the molecule is C/C=C(/C)C(=O)O[C@H]1C[C@@](C)(O)[C@@H]2CC(=O)C(C)=C2[C@H]2OC(=O)[C@@H](C)[C@H]12. The zero-order valence-corrected chi connectivity index (χ0v) is 15.9. The van der Waals surface area contributed by atoms with Crippen LogP contribution in [0, 0.1) is 17.8 Å². The van der Waals surface area contributed by atoms with Crippen LogP contribution in [0.15, 0.2) is 22.8 Å². The highest BCUT2D eigenvalue weighted by Crippen LogP contribution is 2.51. The molecule has 0 amide bonds. The molecule has 1 saturated heterocycles. The van der Waals surface area contributed by atoms with E-state index in [1.165, 1.54) is 0 Å². The fourth-order valence-electron chi connectivity index (χ4n) is 4.51. The van der Waals surface area contributed by atoms with Gasteiger partial charge in [0.25, 0.3) is 0 Å². The summed E-state index contributed by atoms with van der Waals surface area (Å²) in [6.45, 7) is 8.54. The van der Waals surface area contributed by atoms with Gasteiger partial charge in [0.15, 0.2) is 5.78 Å². The van der Waals surface area contributed by atoms with E-state index in [4.69, 9.17) is 9.47 Å². The highest BCUT2D eigenvalue weighted by Gasteiger charge is 2.59. The first-order valence-corrected chi connectivity index (χ1v) is 9.09. The maximum Gasteiger partial charge on any atom is 0.333 e. The van der Waals surface area contributed by atoms with Gasteiger partial charge in [-0.2, -0.15) is 0 Å². The second-order valence-corrected chi connectivity index (χ2v) is 7.96. The van der Waals surface area contributed by atoms with Crippen molar-refractivity contribution in [2.75, 3.05) is 0 Å². The molecule has 1 heterocycles. The Labute approximate surface area is 153 Å². The summed E-state index contributed by atoms with van der Waals surface area (Å²) < 4.78 is 11.3. The van der Waals surface area contributed by atoms with E-state index in [1.807, 2.05) is 0 Å². The Morgan fingerprint density at radius 1 is 1.38 bits per heavy atom. The number of carbonyl (C=O) groups excluding carboxylic acids is 3. The average molecular weight is 362 g/mol. The lowest BCUT2D eigenvalue weighted by Crippen LogP contribution is -2.40. The van der Waals surface area contributed by atoms with Gasteiger partial charge in [0.05, 0.1) is 17.4 Å². The van der Waals surface area contributed by atoms with Crippen LogP contribution in [-0.2, 0) is 23.9 Å². The van der Waals surface area contributed by atoms with E-state index in [2.05, 4.69) is 0 Å². The van der Waals surface area contributed by atoms with Crippen LogP contribution in [0.4, 0.5) is 0 Å². The van der Waals surface area contributed by atoms with E-state index in [9.17, 15) is 19.5 Å². The Morgan fingerprint density at radius 2 is 2.04 bits per heavy atom. The second kappa shape index (κ2) is 6.34. The van der Waals surface area contributed by atoms with E-state index < -0.39 is 41.5 Å². The second-order valence-electron chi connectivity index (χ2n) is 7.96. The molecule has 1 saturated carbocycles. The summed E-state index contributed by atoms with van der Waals surface area (Å²) in [5, 5.41) is 11.1. The van der Waals surface area contributed by atoms with Crippen molar-refractivity contribution in [2.45, 2.75) is 65.3 Å². The Bertz CT molecular complexity index is 729. The van der Waals surface area contributed by atoms with Crippen LogP contribution in [0.25, 0.3) is 0 Å². The maximum absolute atomic E-state index is 12.3. The van der Waals surface area contributed by atoms with Crippen LogP contribution in [0.2, 0.25) is 0 Å². The van der Waals surface area contributed by atoms with E-state index in [1.54, 1.807) is 40.7 Å². The number of ketones is 1. The highest BCUT2D eigenvalue weighted by molar-refractivity contribution is 5.99. The smallest absolute Gasteiger partial charge is 0.333 e. The molecule has 0 bridgehead atoms. The van der Waals surface area contributed by atoms with Crippen LogP contribution >= 0.6 is 0 Å². The topological polar surface area (TPSA) is 89.9 Å². The van der Waals surface area contributed by atoms with E-state index in [0.717, 1.165) is 0 Å². The number of esters is 2. The molecule has 0 aromatic rings. The molecule has 6 heteroatoms. The molecule has 0 radical (unpaired) electrons. The molecule has 2 fully saturated rings. The minimum atomic E-state index is -1.23. The first kappa shape index (κ1) is 18.8. The molecule has 6 atom stereocenters. The van der Waals surface area contributed by atoms with Crippen molar-refractivity contribution >= 4 is 17.7 Å². The van der Waals surface area contributed by atoms with Crippen LogP contribution < -0.4 is 0 Å². The molecule has 0 aromatic carbocycles. The van der Waals surface area contributed by atoms with Crippen LogP contribution in [0.1, 0.15) is 47.5 Å². The average Bonchev–Trinajstić information content (AvgIpc) is 3.00. The lowest BCUT2D eigenvalue weighted by Gasteiger charge is -2.32. The number of hydrogen-bond acceptors (Lipinski definition) is 6. The Kier molecular flexibility index (Phi) is 4.59. The van der Waals surface area contributed by atoms with Gasteiger partial charge < -0.3 is 14.6 Å². The zero-order valence-electron chi connectivity index (χ0n) is 15.9. The van der Waals surface area contributed by atoms with E-state index in [0.29, 0.717) is 16.7 Å². The highest BCUT2D eigenvalue weighted by atomic mass is 16.6. The number of allylic oxidation sites excluding steroid dienone is 2. The van der Waals surface area contributed by atoms with E-state index >= 15 is 0 Å². The number of carbonyl (C=O) groups is 3. The molecule has 142 valence electrons. The molecule has 0 spiro atoms. The number of aliphatic hydroxyl groups is 1. The third-order valence-corrected chi connectivity index (χ3v) is 6.27. The first-order chi connectivity index (χ1) is 12.1. The molecular weight excluding hydrogens is 336 g/mol. The quantitative estimate of drug-likeness (QED) is 0.598. The molecule has 2 aliphatic carbocycles. The van der Waals surface area contributed by atoms with Gasteiger partial charge >= 0.3 is 11.9 Å². The minimum Gasteiger partial charge on any atom is -0.458 e. The Balaban J connectivity index is 2.06. The number of fused-ring (bicyclic) bond motifs is 3. The van der Waals surface area contributed by atoms with Gasteiger partial charge in [-0.3, -0.25) is 9.59 Å². The third-order valence-electron chi connectivity index (χ3n) is 6.27. The van der Waals surface area contributed by atoms with Crippen molar-refractivity contribution in [3.8, 4) is 0 Å². The zero-order chi connectivity index (χ0) is 19.4. The molecule has 1 aliphatic heterocycles. The summed E-state index contributed by atoms with van der Waals surface area (Å²) >= 11 is 0. The molecule has 0 unspecified atom stereocenters. The summed E-state index contributed by atoms with van der Waals surface area (Å²) in [4.78, 5) is 36.9. The first-order valence-electron chi connectivity index (χ1n) is 9.09. The van der Waals surface area contributed by atoms with Crippen molar-refractivity contribution in [1.82, 2.24) is 0 Å². The number of Topliss-reactive ketones (excluding diaryl/α,β-unsaturated/α-hetero) is 1. The van der Waals surface area contributed by atoms with Crippen LogP contribution in [0.3, 0.4) is 0 Å². The lowest BCUT2D eigenvalue weighted by atomic mass is 9.81. The summed E-state index contributed by atoms with van der Waals surface area (Å²) in [6, 6.07) is 0. The molecule has 1 N–H and O–H groups in total. The van der Waals surface area contributed by atoms with Gasteiger partial charge in [-0.1, -0.05) is 13.0 Å². The maximum atomic E-state index is 12.3. The van der Waals surface area contributed by atoms with Crippen molar-refractivity contribution in [1.29, 1.82) is 0 Å². The van der Waals surface area contributed by atoms with E-state index in [-0.39, 0.29) is 24.6 Å². The summed E-state index contributed by atoms with van der Waals surface area (Å²) in [6.07, 6.45) is 0.713. The fraction of sp³-hybridized carbons (Fsp3) is 0.650. The van der Waals surface area contributed by atoms with Crippen molar-refractivity contribution < 1.29 is 29.0 Å². The largest absolute Gasteiger partial charge is 0.458 e. The standard InChI is InChI=1S/C20H26O6/c1-6-9(2)18(22)25-14-8-20(5,24)12-7-13(21)10(3)15(12)17-16(14)11(4)19(23)26-17/h6,11-12,14,16-17,24H,7-8H2,1-5H3/b9-6-/t11-,12+,14-,16+,17+,20+/m0/s1. The summed E-state index contributed by atoms with van der Waals surface area (Å²) in [5.74, 6) is -2.17. The van der Waals surface area contributed by atoms with Gasteiger partial charge in [-0.25, -0.2) is 4.79 Å². The Hall–Kier alpha value is -1.95. The minimum absolute atomic E-state index is 0.0279. The van der Waals surface area contributed by atoms with Gasteiger partial charge in [-0.05, 0) is 38.8 Å². The number of rotatable bonds is 2. The van der Waals surface area contributed by atoms with Gasteiger partial charge in [0.2, 0.25) is 0 Å². The van der Waals surface area contributed by atoms with Crippen molar-refractivity contribution in [3.63, 3.8) is 0 Å². The van der Waals surface area contributed by atoms with Crippen molar-refractivity contribution in [2.24, 2.45) is 17.8 Å². The molecule has 0 aromatic heterocycles. The monoisotopic (exact) mass is 362 g/mol. The van der Waals surface area contributed by atoms with Crippen molar-refractivity contribution in [3.05, 3.63) is 22.8 Å². The molecule has 6 nitrogen and oxygen atoms in total. The number of ether oxygens (including phenoxy) is 2. The third kappa shape index (κ3) is 2.80. The van der Waals surface area contributed by atoms with Crippen LogP contribution in [-0.4, -0.2) is 40.6 Å². The number of hydrogen-bond donors (Lipinski definition) is 1. The fourth-order valence-corrected chi connectivity index (χ4v) is 4.51. The normalized spacial score (nSPS) is 40.1. The van der Waals surface area contributed by atoms with Gasteiger partial charge in [0, 0.05) is 24.3 Å². The Morgan fingerprint density at radius 3 is 2.65 bits per heavy atom. The van der Waals surface area contributed by atoms with Gasteiger partial charge in [0.1, 0.15) is 12.2 Å². The predicted octanol–water partition coefficient (Wildman–Crippen LogP) is 2.10. The summed E-state index contributed by atoms with van der Waals surface area (Å²) in [5.41, 5.74) is 0.496. The predicted molar refractivity (Wildman–Crippen MR) is 92.9 cm³/mol. The molecule has 3 rings (SSSR count). The molecule has 26 heavy (non-hydrogen) atoms.